The Kier molecular flexibility index (Phi) is 4.91. The molecule has 0 heterocycles. The molecule has 94 valence electrons. The lowest BCUT2D eigenvalue weighted by molar-refractivity contribution is -0.143. The van der Waals surface area contributed by atoms with Crippen LogP contribution >= 0.6 is 11.8 Å². The molecule has 0 radical (unpaired) electrons. The Morgan fingerprint density at radius 2 is 2.19 bits per heavy atom. The van der Waals surface area contributed by atoms with Gasteiger partial charge in [-0.1, -0.05) is 0 Å². The van der Waals surface area contributed by atoms with E-state index < -0.39 is 11.6 Å². The van der Waals surface area contributed by atoms with Crippen molar-refractivity contribution in [3.63, 3.8) is 0 Å². The van der Waals surface area contributed by atoms with Gasteiger partial charge in [-0.2, -0.15) is 13.2 Å². The van der Waals surface area contributed by atoms with Crippen molar-refractivity contribution in [3.05, 3.63) is 0 Å². The lowest BCUT2D eigenvalue weighted by Crippen LogP contribution is -2.40. The summed E-state index contributed by atoms with van der Waals surface area (Å²) in [5, 5.41) is 2.81. The van der Waals surface area contributed by atoms with Crippen LogP contribution in [-0.2, 0) is 9.53 Å². The molecule has 0 aromatic heterocycles. The number of ether oxygens (including phenoxy) is 1. The zero-order chi connectivity index (χ0) is 12.2. The van der Waals surface area contributed by atoms with E-state index in [-0.39, 0.29) is 35.9 Å². The van der Waals surface area contributed by atoms with Crippen LogP contribution < -0.4 is 5.32 Å². The second-order valence-corrected chi connectivity index (χ2v) is 4.75. The minimum absolute atomic E-state index is 0.0876. The highest BCUT2D eigenvalue weighted by Crippen LogP contribution is 2.33. The van der Waals surface area contributed by atoms with Crippen LogP contribution in [0, 0.1) is 5.92 Å². The highest BCUT2D eigenvalue weighted by molar-refractivity contribution is 8.00. The topological polar surface area (TPSA) is 38.3 Å². The van der Waals surface area contributed by atoms with Crippen molar-refractivity contribution in [1.29, 1.82) is 0 Å². The predicted molar refractivity (Wildman–Crippen MR) is 55.0 cm³/mol. The lowest BCUT2D eigenvalue weighted by Gasteiger charge is -2.15. The summed E-state index contributed by atoms with van der Waals surface area (Å²) in [5.74, 6) is -0.258. The number of hydrogen-bond acceptors (Lipinski definition) is 4. The van der Waals surface area contributed by atoms with Gasteiger partial charge in [-0.15, -0.1) is 0 Å². The molecule has 0 aromatic carbocycles. The Morgan fingerprint density at radius 1 is 1.56 bits per heavy atom. The Labute approximate surface area is 96.1 Å². The van der Waals surface area contributed by atoms with Crippen LogP contribution in [0.2, 0.25) is 0 Å². The fraction of sp³-hybridized carbons (Fsp3) is 0.889. The molecule has 1 aliphatic rings. The number of halogens is 3. The highest BCUT2D eigenvalue weighted by atomic mass is 32.2. The first-order valence-electron chi connectivity index (χ1n) is 4.96. The molecule has 0 aromatic rings. The molecule has 1 aliphatic carbocycles. The molecular formula is C9H14F3NO2S. The molecule has 1 unspecified atom stereocenters. The van der Waals surface area contributed by atoms with Gasteiger partial charge in [0.15, 0.2) is 0 Å². The van der Waals surface area contributed by atoms with Crippen LogP contribution in [0.1, 0.15) is 12.8 Å². The van der Waals surface area contributed by atoms with Crippen molar-refractivity contribution in [1.82, 2.24) is 5.32 Å². The van der Waals surface area contributed by atoms with Crippen molar-refractivity contribution in [2.24, 2.45) is 5.92 Å². The number of nitrogens with one attached hydrogen (secondary N) is 1. The minimum Gasteiger partial charge on any atom is -0.468 e. The molecule has 0 amide bonds. The molecule has 0 saturated heterocycles. The first kappa shape index (κ1) is 13.6. The van der Waals surface area contributed by atoms with E-state index in [0.717, 1.165) is 12.8 Å². The summed E-state index contributed by atoms with van der Waals surface area (Å²) in [6.45, 7) is 0.153. The van der Waals surface area contributed by atoms with E-state index in [4.69, 9.17) is 0 Å². The number of carbonyl (C=O) groups excluding carboxylic acids is 1. The summed E-state index contributed by atoms with van der Waals surface area (Å²) >= 11 is -0.0876. The van der Waals surface area contributed by atoms with Gasteiger partial charge < -0.3 is 10.1 Å². The maximum atomic E-state index is 11.8. The summed E-state index contributed by atoms with van der Waals surface area (Å²) in [4.78, 5) is 11.3. The second kappa shape index (κ2) is 5.77. The maximum absolute atomic E-state index is 11.8. The van der Waals surface area contributed by atoms with Gasteiger partial charge in [0, 0.05) is 12.3 Å². The lowest BCUT2D eigenvalue weighted by atomic mass is 10.2. The van der Waals surface area contributed by atoms with Crippen molar-refractivity contribution < 1.29 is 22.7 Å². The minimum atomic E-state index is -4.21. The van der Waals surface area contributed by atoms with E-state index in [0.29, 0.717) is 0 Å². The molecule has 3 nitrogen and oxygen atoms in total. The zero-order valence-corrected chi connectivity index (χ0v) is 9.66. The molecule has 1 rings (SSSR count). The average molecular weight is 257 g/mol. The van der Waals surface area contributed by atoms with Crippen LogP contribution in [0.5, 0.6) is 0 Å². The SMILES string of the molecule is COC(=O)C(NCCSC(F)(F)F)C1CC1. The quantitative estimate of drug-likeness (QED) is 0.581. The Bertz CT molecular complexity index is 243. The summed E-state index contributed by atoms with van der Waals surface area (Å²) in [5.41, 5.74) is -4.21. The number of hydrogen-bond donors (Lipinski definition) is 1. The van der Waals surface area contributed by atoms with Crippen molar-refractivity contribution in [2.75, 3.05) is 19.4 Å². The maximum Gasteiger partial charge on any atom is 0.441 e. The van der Waals surface area contributed by atoms with E-state index in [9.17, 15) is 18.0 Å². The van der Waals surface area contributed by atoms with Gasteiger partial charge in [-0.3, -0.25) is 4.79 Å². The summed E-state index contributed by atoms with van der Waals surface area (Å²) in [7, 11) is 1.28. The normalized spacial score (nSPS) is 18.2. The predicted octanol–water partition coefficient (Wildman–Crippen LogP) is 1.78. The smallest absolute Gasteiger partial charge is 0.441 e. The van der Waals surface area contributed by atoms with Gasteiger partial charge in [-0.25, -0.2) is 0 Å². The van der Waals surface area contributed by atoms with Crippen LogP contribution in [0.25, 0.3) is 0 Å². The van der Waals surface area contributed by atoms with Crippen molar-refractivity contribution in [3.8, 4) is 0 Å². The van der Waals surface area contributed by atoms with E-state index in [1.165, 1.54) is 7.11 Å². The monoisotopic (exact) mass is 257 g/mol. The zero-order valence-electron chi connectivity index (χ0n) is 8.84. The number of alkyl halides is 3. The van der Waals surface area contributed by atoms with Gasteiger partial charge in [0.1, 0.15) is 6.04 Å². The molecule has 1 N–H and O–H groups in total. The molecule has 16 heavy (non-hydrogen) atoms. The van der Waals surface area contributed by atoms with E-state index in [1.807, 2.05) is 0 Å². The van der Waals surface area contributed by atoms with Crippen LogP contribution in [-0.4, -0.2) is 36.9 Å². The third-order valence-corrected chi connectivity index (χ3v) is 3.02. The number of rotatable bonds is 6. The molecule has 0 bridgehead atoms. The standard InChI is InChI=1S/C9H14F3NO2S/c1-15-8(14)7(6-2-3-6)13-4-5-16-9(10,11)12/h6-7,13H,2-5H2,1H3. The number of esters is 1. The average Bonchev–Trinajstić information content (AvgIpc) is 2.99. The van der Waals surface area contributed by atoms with Gasteiger partial charge in [0.05, 0.1) is 7.11 Å². The van der Waals surface area contributed by atoms with Gasteiger partial charge in [-0.05, 0) is 30.5 Å². The van der Waals surface area contributed by atoms with E-state index in [1.54, 1.807) is 0 Å². The largest absolute Gasteiger partial charge is 0.468 e. The van der Waals surface area contributed by atoms with Crippen LogP contribution in [0.15, 0.2) is 0 Å². The molecule has 1 saturated carbocycles. The summed E-state index contributed by atoms with van der Waals surface area (Å²) in [6, 6.07) is -0.446. The molecule has 7 heteroatoms. The van der Waals surface area contributed by atoms with E-state index in [2.05, 4.69) is 10.1 Å². The van der Waals surface area contributed by atoms with Crippen molar-refractivity contribution >= 4 is 17.7 Å². The Balaban J connectivity index is 2.20. The highest BCUT2D eigenvalue weighted by Gasteiger charge is 2.36. The third-order valence-electron chi connectivity index (χ3n) is 2.28. The van der Waals surface area contributed by atoms with Crippen LogP contribution in [0.3, 0.4) is 0 Å². The summed E-state index contributed by atoms with van der Waals surface area (Å²) < 4.78 is 40.0. The number of thioether (sulfide) groups is 1. The first-order chi connectivity index (χ1) is 7.44. The van der Waals surface area contributed by atoms with Gasteiger partial charge in [0.25, 0.3) is 0 Å². The third kappa shape index (κ3) is 5.07. The Morgan fingerprint density at radius 3 is 2.62 bits per heavy atom. The molecule has 1 fully saturated rings. The fourth-order valence-electron chi connectivity index (χ4n) is 1.38. The molecule has 0 spiro atoms. The molecule has 1 atom stereocenters. The van der Waals surface area contributed by atoms with Crippen LogP contribution in [0.4, 0.5) is 13.2 Å². The summed E-state index contributed by atoms with van der Waals surface area (Å²) in [6.07, 6.45) is 1.86. The first-order valence-corrected chi connectivity index (χ1v) is 5.94. The van der Waals surface area contributed by atoms with Gasteiger partial charge >= 0.3 is 11.5 Å². The molecular weight excluding hydrogens is 243 g/mol. The van der Waals surface area contributed by atoms with E-state index >= 15 is 0 Å². The second-order valence-electron chi connectivity index (χ2n) is 3.59. The number of carbonyl (C=O) groups is 1. The fourth-order valence-corrected chi connectivity index (χ4v) is 1.83. The Hall–Kier alpha value is -0.430. The van der Waals surface area contributed by atoms with Gasteiger partial charge in [0.2, 0.25) is 0 Å². The number of methoxy groups -OCH3 is 1. The molecule has 0 aliphatic heterocycles. The van der Waals surface area contributed by atoms with Crippen molar-refractivity contribution in [2.45, 2.75) is 24.4 Å².